The molecule has 4 N–H and O–H groups in total. The molecule has 1 atom stereocenters. The maximum absolute atomic E-state index is 13.9. The molecule has 2 aliphatic heterocycles. The molecule has 2 aliphatic rings. The minimum atomic E-state index is -4.87. The molecule has 1 fully saturated rings. The van der Waals surface area contributed by atoms with E-state index < -0.39 is 59.5 Å². The third-order valence-corrected chi connectivity index (χ3v) is 9.58. The summed E-state index contributed by atoms with van der Waals surface area (Å²) >= 11 is 0. The number of phosphoric ester groups is 1. The average molecular weight is 683 g/mol. The van der Waals surface area contributed by atoms with E-state index in [0.29, 0.717) is 31.6 Å². The van der Waals surface area contributed by atoms with E-state index >= 15 is 0 Å². The molecular weight excluding hydrogens is 643 g/mol. The van der Waals surface area contributed by atoms with E-state index in [2.05, 4.69) is 19.9 Å². The maximum atomic E-state index is 13.9. The number of nitrogens with one attached hydrogen (secondary N) is 2. The zero-order valence-corrected chi connectivity index (χ0v) is 27.5. The van der Waals surface area contributed by atoms with Gasteiger partial charge in [-0.05, 0) is 43.9 Å². The second kappa shape index (κ2) is 14.1. The van der Waals surface area contributed by atoms with Gasteiger partial charge in [0.15, 0.2) is 0 Å². The molecule has 15 nitrogen and oxygen atoms in total. The number of fused-ring (bicyclic) bond motifs is 2. The molecule has 2 aromatic carbocycles. The third-order valence-electron chi connectivity index (χ3n) is 8.02. The number of ether oxygens (including phenoxy) is 2. The number of hydrogen-bond acceptors (Lipinski definition) is 9. The molecule has 0 radical (unpaired) electrons. The van der Waals surface area contributed by atoms with Crippen LogP contribution in [0, 0.1) is 0 Å². The first kappa shape index (κ1) is 35.3. The molecule has 2 heterocycles. The number of carbonyl (C=O) groups excluding carboxylic acids is 3. The van der Waals surface area contributed by atoms with Gasteiger partial charge in [0.05, 0.1) is 25.2 Å². The molecule has 1 spiro atoms. The van der Waals surface area contributed by atoms with Crippen molar-refractivity contribution < 1.29 is 51.2 Å². The fourth-order valence-electron chi connectivity index (χ4n) is 5.56. The van der Waals surface area contributed by atoms with Crippen LogP contribution < -0.4 is 14.9 Å². The van der Waals surface area contributed by atoms with Gasteiger partial charge in [0.25, 0.3) is 0 Å². The van der Waals surface area contributed by atoms with E-state index in [4.69, 9.17) is 14.5 Å². The molecule has 3 amide bonds. The van der Waals surface area contributed by atoms with Crippen LogP contribution in [0.3, 0.4) is 0 Å². The quantitative estimate of drug-likeness (QED) is 0.187. The highest BCUT2D eigenvalue weighted by molar-refractivity contribution is 7.92. The summed E-state index contributed by atoms with van der Waals surface area (Å²) in [6.07, 6.45) is 1.00. The Balaban J connectivity index is 1.44. The first-order chi connectivity index (χ1) is 21.5. The minimum Gasteiger partial charge on any atom is -0.422 e. The standard InChI is InChI=1S/C29H39N4O11PS/c1-28(2,31-27(36)43-20-44-45(37,38)39)26(35)30-23(18-42-17-21-9-5-4-6-10-21)25(34)32-15-13-29(14-16-32)19-33(46(3,40)41)24-12-8-7-11-22(24)29/h4-12,23H,13-20H2,1-3H3,(H,30,35)(H,31,36)(H2,37,38,39)/t23-/m1/s1. The average Bonchev–Trinajstić information content (AvgIpc) is 3.30. The summed E-state index contributed by atoms with van der Waals surface area (Å²) < 4.78 is 51.8. The molecule has 0 aromatic heterocycles. The van der Waals surface area contributed by atoms with Crippen molar-refractivity contribution in [3.8, 4) is 0 Å². The Morgan fingerprint density at radius 2 is 1.67 bits per heavy atom. The summed E-state index contributed by atoms with van der Waals surface area (Å²) in [6.45, 7) is 2.56. The molecule has 17 heteroatoms. The number of rotatable bonds is 12. The summed E-state index contributed by atoms with van der Waals surface area (Å²) in [7, 11) is -8.38. The van der Waals surface area contributed by atoms with Crippen molar-refractivity contribution in [2.24, 2.45) is 0 Å². The summed E-state index contributed by atoms with van der Waals surface area (Å²) in [5.74, 6) is -1.15. The van der Waals surface area contributed by atoms with Crippen LogP contribution >= 0.6 is 7.82 Å². The Labute approximate surface area is 267 Å². The lowest BCUT2D eigenvalue weighted by Gasteiger charge is -2.41. The SMILES string of the molecule is CC(C)(NC(=O)OCOP(=O)(O)O)C(=O)N[C@H](COCc1ccccc1)C(=O)N1CCC2(CC1)CN(S(C)(=O)=O)c1ccccc12. The molecule has 4 rings (SSSR count). The second-order valence-corrected chi connectivity index (χ2v) is 15.0. The van der Waals surface area contributed by atoms with Crippen molar-refractivity contribution in [1.82, 2.24) is 15.5 Å². The first-order valence-electron chi connectivity index (χ1n) is 14.4. The highest BCUT2D eigenvalue weighted by Gasteiger charge is 2.48. The lowest BCUT2D eigenvalue weighted by atomic mass is 9.74. The van der Waals surface area contributed by atoms with E-state index in [0.717, 1.165) is 11.1 Å². The number of amides is 3. The number of para-hydroxylation sites is 1. The second-order valence-electron chi connectivity index (χ2n) is 11.8. The van der Waals surface area contributed by atoms with E-state index in [-0.39, 0.29) is 19.8 Å². The molecule has 252 valence electrons. The predicted molar refractivity (Wildman–Crippen MR) is 166 cm³/mol. The van der Waals surface area contributed by atoms with Gasteiger partial charge in [-0.3, -0.25) is 13.9 Å². The van der Waals surface area contributed by atoms with Crippen molar-refractivity contribution >= 4 is 41.4 Å². The van der Waals surface area contributed by atoms with Gasteiger partial charge in [0.1, 0.15) is 11.6 Å². The fourth-order valence-corrected chi connectivity index (χ4v) is 6.75. The molecule has 0 unspecified atom stereocenters. The Hall–Kier alpha value is -3.53. The summed E-state index contributed by atoms with van der Waals surface area (Å²) in [4.78, 5) is 58.4. The monoisotopic (exact) mass is 682 g/mol. The van der Waals surface area contributed by atoms with Gasteiger partial charge >= 0.3 is 13.9 Å². The van der Waals surface area contributed by atoms with Gasteiger partial charge in [0, 0.05) is 25.0 Å². The van der Waals surface area contributed by atoms with Crippen LogP contribution in [-0.2, 0) is 50.2 Å². The highest BCUT2D eigenvalue weighted by atomic mass is 32.2. The Kier molecular flexibility index (Phi) is 10.8. The van der Waals surface area contributed by atoms with Gasteiger partial charge in [-0.15, -0.1) is 0 Å². The smallest absolute Gasteiger partial charge is 0.422 e. The Morgan fingerprint density at radius 3 is 2.30 bits per heavy atom. The molecule has 0 bridgehead atoms. The van der Waals surface area contributed by atoms with Crippen LogP contribution in [0.2, 0.25) is 0 Å². The Morgan fingerprint density at radius 1 is 1.04 bits per heavy atom. The summed E-state index contributed by atoms with van der Waals surface area (Å²) in [6, 6.07) is 15.5. The molecule has 2 aromatic rings. The van der Waals surface area contributed by atoms with Crippen molar-refractivity contribution in [2.45, 2.75) is 50.3 Å². The van der Waals surface area contributed by atoms with Gasteiger partial charge in [0.2, 0.25) is 28.6 Å². The third kappa shape index (κ3) is 8.84. The van der Waals surface area contributed by atoms with Crippen LogP contribution in [0.5, 0.6) is 0 Å². The van der Waals surface area contributed by atoms with Gasteiger partial charge < -0.3 is 34.8 Å². The number of piperidine rings is 1. The van der Waals surface area contributed by atoms with Crippen LogP contribution in [0.1, 0.15) is 37.8 Å². The Bertz CT molecular complexity index is 1570. The van der Waals surface area contributed by atoms with Crippen molar-refractivity contribution in [1.29, 1.82) is 0 Å². The number of alkyl carbamates (subject to hydrolysis) is 1. The number of anilines is 1. The van der Waals surface area contributed by atoms with Gasteiger partial charge in [-0.1, -0.05) is 48.5 Å². The molecule has 1 saturated heterocycles. The number of sulfonamides is 1. The number of phosphoric acid groups is 1. The van der Waals surface area contributed by atoms with E-state index in [9.17, 15) is 27.4 Å². The molecular formula is C29H39N4O11PS. The van der Waals surface area contributed by atoms with Gasteiger partial charge in [-0.25, -0.2) is 22.3 Å². The first-order valence-corrected chi connectivity index (χ1v) is 17.8. The predicted octanol–water partition coefficient (Wildman–Crippen LogP) is 1.60. The number of hydrogen-bond donors (Lipinski definition) is 4. The maximum Gasteiger partial charge on any atom is 0.472 e. The number of likely N-dealkylation sites (tertiary alicyclic amines) is 1. The van der Waals surface area contributed by atoms with Crippen LogP contribution in [-0.4, -0.2) is 91.9 Å². The topological polar surface area (TPSA) is 201 Å². The number of benzene rings is 2. The zero-order valence-electron chi connectivity index (χ0n) is 25.7. The van der Waals surface area contributed by atoms with Crippen LogP contribution in [0.4, 0.5) is 10.5 Å². The van der Waals surface area contributed by atoms with Crippen molar-refractivity contribution in [3.05, 3.63) is 65.7 Å². The highest BCUT2D eigenvalue weighted by Crippen LogP contribution is 2.47. The summed E-state index contributed by atoms with van der Waals surface area (Å²) in [5, 5.41) is 4.94. The lowest BCUT2D eigenvalue weighted by Crippen LogP contribution is -2.61. The van der Waals surface area contributed by atoms with Gasteiger partial charge in [-0.2, -0.15) is 0 Å². The number of nitrogens with zero attached hydrogens (tertiary/aromatic N) is 2. The fraction of sp³-hybridized carbons (Fsp3) is 0.483. The van der Waals surface area contributed by atoms with E-state index in [1.54, 1.807) is 17.0 Å². The van der Waals surface area contributed by atoms with Crippen LogP contribution in [0.25, 0.3) is 0 Å². The normalized spacial score (nSPS) is 16.9. The minimum absolute atomic E-state index is 0.176. The van der Waals surface area contributed by atoms with E-state index in [1.165, 1.54) is 24.4 Å². The van der Waals surface area contributed by atoms with Crippen molar-refractivity contribution in [2.75, 3.05) is 43.6 Å². The van der Waals surface area contributed by atoms with Crippen LogP contribution in [0.15, 0.2) is 54.6 Å². The van der Waals surface area contributed by atoms with Crippen molar-refractivity contribution in [3.63, 3.8) is 0 Å². The van der Waals surface area contributed by atoms with E-state index in [1.807, 2.05) is 42.5 Å². The lowest BCUT2D eigenvalue weighted by molar-refractivity contribution is -0.141. The summed E-state index contributed by atoms with van der Waals surface area (Å²) in [5.41, 5.74) is 0.346. The number of carbonyl (C=O) groups is 3. The molecule has 46 heavy (non-hydrogen) atoms. The molecule has 0 saturated carbocycles. The zero-order chi connectivity index (χ0) is 33.8. The molecule has 0 aliphatic carbocycles. The largest absolute Gasteiger partial charge is 0.472 e.